The summed E-state index contributed by atoms with van der Waals surface area (Å²) in [7, 11) is -2.88. The second-order valence-electron chi connectivity index (χ2n) is 3.87. The molecule has 0 fully saturated rings. The minimum atomic E-state index is -6.63. The van der Waals surface area contributed by atoms with Crippen LogP contribution in [0.1, 0.15) is 26.2 Å². The van der Waals surface area contributed by atoms with E-state index in [4.69, 9.17) is 4.55 Å². The molecular weight excluding hydrogens is 316 g/mol. The van der Waals surface area contributed by atoms with Crippen molar-refractivity contribution < 1.29 is 39.3 Å². The molecule has 0 heterocycles. The van der Waals surface area contributed by atoms with Crippen molar-refractivity contribution in [2.45, 2.75) is 43.3 Å². The van der Waals surface area contributed by atoms with E-state index in [1.54, 1.807) is 0 Å². The standard InChI is InChI=1S/C7H10F6O3S.C2H7N/c1-2-3-4-5(8,9)6(10,11)7(12,13)17(14,15)16;1-3-2/h2-4H2,1H3,(H,14,15,16);3H,1-2H3. The van der Waals surface area contributed by atoms with E-state index < -0.39 is 40.1 Å². The Labute approximate surface area is 113 Å². The Hall–Kier alpha value is -0.550. The Morgan fingerprint density at radius 2 is 1.40 bits per heavy atom. The molecule has 0 atom stereocenters. The molecular formula is C9H17F6NO3S. The summed E-state index contributed by atoms with van der Waals surface area (Å²) in [6.45, 7) is 1.36. The quantitative estimate of drug-likeness (QED) is 0.579. The van der Waals surface area contributed by atoms with Crippen molar-refractivity contribution in [2.24, 2.45) is 0 Å². The lowest BCUT2D eigenvalue weighted by Crippen LogP contribution is -2.57. The summed E-state index contributed by atoms with van der Waals surface area (Å²) >= 11 is 0. The third kappa shape index (κ3) is 4.77. The van der Waals surface area contributed by atoms with Crippen molar-refractivity contribution in [1.29, 1.82) is 0 Å². The zero-order valence-electron chi connectivity index (χ0n) is 11.1. The predicted octanol–water partition coefficient (Wildman–Crippen LogP) is 2.76. The second kappa shape index (κ2) is 7.46. The highest BCUT2D eigenvalue weighted by atomic mass is 32.2. The van der Waals surface area contributed by atoms with Crippen molar-refractivity contribution in [3.63, 3.8) is 0 Å². The molecule has 0 bridgehead atoms. The van der Waals surface area contributed by atoms with Gasteiger partial charge in [-0.25, -0.2) is 0 Å². The molecule has 4 nitrogen and oxygen atoms in total. The molecule has 0 aliphatic rings. The minimum absolute atomic E-state index is 0.0309. The Balaban J connectivity index is 0. The Morgan fingerprint density at radius 3 is 1.65 bits per heavy atom. The molecule has 124 valence electrons. The van der Waals surface area contributed by atoms with E-state index in [0.29, 0.717) is 0 Å². The molecule has 0 aromatic carbocycles. The van der Waals surface area contributed by atoms with Gasteiger partial charge in [0.05, 0.1) is 0 Å². The fourth-order valence-corrected chi connectivity index (χ4v) is 1.40. The van der Waals surface area contributed by atoms with Gasteiger partial charge in [-0.1, -0.05) is 13.3 Å². The Morgan fingerprint density at radius 1 is 1.05 bits per heavy atom. The largest absolute Gasteiger partial charge is 0.437 e. The lowest BCUT2D eigenvalue weighted by atomic mass is 10.1. The van der Waals surface area contributed by atoms with Crippen LogP contribution in [0, 0.1) is 0 Å². The normalized spacial score (nSPS) is 13.7. The smallest absolute Gasteiger partial charge is 0.323 e. The molecule has 0 aliphatic heterocycles. The summed E-state index contributed by atoms with van der Waals surface area (Å²) in [5, 5.41) is -3.49. The summed E-state index contributed by atoms with van der Waals surface area (Å²) in [5.41, 5.74) is 0. The molecule has 0 aromatic rings. The van der Waals surface area contributed by atoms with Gasteiger partial charge in [-0.3, -0.25) is 4.55 Å². The number of halogens is 6. The maximum Gasteiger partial charge on any atom is 0.437 e. The van der Waals surface area contributed by atoms with Gasteiger partial charge in [0.15, 0.2) is 0 Å². The van der Waals surface area contributed by atoms with Crippen molar-refractivity contribution in [1.82, 2.24) is 5.32 Å². The van der Waals surface area contributed by atoms with Gasteiger partial charge in [0.1, 0.15) is 0 Å². The van der Waals surface area contributed by atoms with Crippen LogP contribution >= 0.6 is 0 Å². The minimum Gasteiger partial charge on any atom is -0.323 e. The number of hydrogen-bond acceptors (Lipinski definition) is 3. The van der Waals surface area contributed by atoms with Crippen LogP contribution in [0.25, 0.3) is 0 Å². The highest BCUT2D eigenvalue weighted by Gasteiger charge is 2.76. The molecule has 11 heteroatoms. The van der Waals surface area contributed by atoms with Gasteiger partial charge < -0.3 is 5.32 Å². The molecule has 0 saturated heterocycles. The molecule has 0 aromatic heterocycles. The first-order chi connectivity index (χ1) is 8.72. The van der Waals surface area contributed by atoms with Gasteiger partial charge in [-0.05, 0) is 20.5 Å². The Bertz CT molecular complexity index is 385. The van der Waals surface area contributed by atoms with Crippen molar-refractivity contribution in [3.8, 4) is 0 Å². The molecule has 0 radical (unpaired) electrons. The van der Waals surface area contributed by atoms with Crippen LogP contribution in [0.2, 0.25) is 0 Å². The van der Waals surface area contributed by atoms with Crippen LogP contribution in [-0.2, 0) is 10.1 Å². The van der Waals surface area contributed by atoms with Crippen LogP contribution in [0.3, 0.4) is 0 Å². The van der Waals surface area contributed by atoms with E-state index in [1.807, 2.05) is 14.1 Å². The molecule has 0 spiro atoms. The van der Waals surface area contributed by atoms with Gasteiger partial charge in [-0.2, -0.15) is 34.8 Å². The average molecular weight is 333 g/mol. The average Bonchev–Trinajstić information content (AvgIpc) is 2.25. The van der Waals surface area contributed by atoms with E-state index in [0.717, 1.165) is 0 Å². The second-order valence-corrected chi connectivity index (χ2v) is 5.34. The van der Waals surface area contributed by atoms with Gasteiger partial charge in [0.2, 0.25) is 0 Å². The lowest BCUT2D eigenvalue weighted by molar-refractivity contribution is -0.282. The van der Waals surface area contributed by atoms with E-state index in [-0.39, 0.29) is 6.42 Å². The number of alkyl halides is 6. The third-order valence-electron chi connectivity index (χ3n) is 1.99. The van der Waals surface area contributed by atoms with E-state index >= 15 is 0 Å². The van der Waals surface area contributed by atoms with E-state index in [9.17, 15) is 34.8 Å². The molecule has 0 rings (SSSR count). The molecule has 20 heavy (non-hydrogen) atoms. The maximum absolute atomic E-state index is 12.8. The monoisotopic (exact) mass is 333 g/mol. The summed E-state index contributed by atoms with van der Waals surface area (Å²) < 4.78 is 104. The highest BCUT2D eigenvalue weighted by molar-refractivity contribution is 7.87. The first kappa shape index (κ1) is 21.7. The third-order valence-corrected chi connectivity index (χ3v) is 2.90. The number of nitrogens with one attached hydrogen (secondary N) is 1. The van der Waals surface area contributed by atoms with Gasteiger partial charge in [0, 0.05) is 6.42 Å². The number of unbranched alkanes of at least 4 members (excludes halogenated alkanes) is 1. The maximum atomic E-state index is 12.8. The SMILES string of the molecule is CCCCC(F)(F)C(F)(F)C(F)(F)S(=O)(=O)O.CNC. The van der Waals surface area contributed by atoms with Crippen LogP contribution in [0.4, 0.5) is 26.3 Å². The van der Waals surface area contributed by atoms with Gasteiger partial charge >= 0.3 is 27.2 Å². The molecule has 0 saturated carbocycles. The van der Waals surface area contributed by atoms with Crippen molar-refractivity contribution in [3.05, 3.63) is 0 Å². The zero-order chi connectivity index (χ0) is 16.8. The number of hydrogen-bond donors (Lipinski definition) is 2. The lowest BCUT2D eigenvalue weighted by Gasteiger charge is -2.30. The summed E-state index contributed by atoms with van der Waals surface area (Å²) in [4.78, 5) is 0. The van der Waals surface area contributed by atoms with Crippen LogP contribution in [0.5, 0.6) is 0 Å². The number of rotatable bonds is 6. The highest BCUT2D eigenvalue weighted by Crippen LogP contribution is 2.49. The Kier molecular flexibility index (Phi) is 8.11. The van der Waals surface area contributed by atoms with Crippen LogP contribution < -0.4 is 5.32 Å². The van der Waals surface area contributed by atoms with Crippen LogP contribution in [-0.4, -0.2) is 44.2 Å². The molecule has 0 unspecified atom stereocenters. The first-order valence-electron chi connectivity index (χ1n) is 5.41. The predicted molar refractivity (Wildman–Crippen MR) is 60.9 cm³/mol. The summed E-state index contributed by atoms with van der Waals surface area (Å²) in [5.74, 6) is -11.4. The first-order valence-corrected chi connectivity index (χ1v) is 6.85. The van der Waals surface area contributed by atoms with E-state index in [2.05, 4.69) is 5.32 Å². The van der Waals surface area contributed by atoms with E-state index in [1.165, 1.54) is 6.92 Å². The zero-order valence-corrected chi connectivity index (χ0v) is 11.9. The molecule has 2 N–H and O–H groups in total. The topological polar surface area (TPSA) is 66.4 Å². The van der Waals surface area contributed by atoms with Gasteiger partial charge in [0.25, 0.3) is 0 Å². The fraction of sp³-hybridized carbons (Fsp3) is 1.00. The fourth-order valence-electron chi connectivity index (χ4n) is 0.931. The van der Waals surface area contributed by atoms with Crippen LogP contribution in [0.15, 0.2) is 0 Å². The molecule has 0 amide bonds. The van der Waals surface area contributed by atoms with Crippen molar-refractivity contribution in [2.75, 3.05) is 14.1 Å². The summed E-state index contributed by atoms with van der Waals surface area (Å²) in [6, 6.07) is 0. The van der Waals surface area contributed by atoms with Gasteiger partial charge in [-0.15, -0.1) is 0 Å². The summed E-state index contributed by atoms with van der Waals surface area (Å²) in [6.07, 6.45) is -2.07. The van der Waals surface area contributed by atoms with Crippen molar-refractivity contribution >= 4 is 10.1 Å². The molecule has 0 aliphatic carbocycles.